The maximum Gasteiger partial charge on any atom is 0.434 e. The van der Waals surface area contributed by atoms with Gasteiger partial charge in [0, 0.05) is 5.56 Å². The van der Waals surface area contributed by atoms with Crippen LogP contribution in [0.5, 0.6) is 0 Å². The van der Waals surface area contributed by atoms with Gasteiger partial charge in [-0.25, -0.2) is 9.78 Å². The molecule has 3 nitrogen and oxygen atoms in total. The van der Waals surface area contributed by atoms with E-state index < -0.39 is 23.4 Å². The molecule has 0 aliphatic heterocycles. The summed E-state index contributed by atoms with van der Waals surface area (Å²) in [6.07, 6.45) is -4.81. The summed E-state index contributed by atoms with van der Waals surface area (Å²) in [4.78, 5) is 14.2. The van der Waals surface area contributed by atoms with Gasteiger partial charge in [0.2, 0.25) is 0 Å². The van der Waals surface area contributed by atoms with Crippen molar-refractivity contribution in [3.05, 3.63) is 53.7 Å². The van der Waals surface area contributed by atoms with Crippen LogP contribution in [0.3, 0.4) is 0 Å². The van der Waals surface area contributed by atoms with Crippen LogP contribution < -0.4 is 0 Å². The van der Waals surface area contributed by atoms with Gasteiger partial charge in [-0.2, -0.15) is 13.2 Å². The fourth-order valence-corrected chi connectivity index (χ4v) is 1.62. The first-order valence-corrected chi connectivity index (χ1v) is 5.26. The summed E-state index contributed by atoms with van der Waals surface area (Å²) in [5.74, 6) is -1.65. The van der Waals surface area contributed by atoms with Crippen molar-refractivity contribution < 1.29 is 23.1 Å². The number of hydrogen-bond donors (Lipinski definition) is 1. The molecule has 0 radical (unpaired) electrons. The summed E-state index contributed by atoms with van der Waals surface area (Å²) >= 11 is 0. The standard InChI is InChI=1S/C13H8F3NO2/c14-13(15,16)11-9(12(18)19)6-7-10(17-11)8-4-2-1-3-5-8/h1-7H,(H,18,19). The smallest absolute Gasteiger partial charge is 0.434 e. The highest BCUT2D eigenvalue weighted by Crippen LogP contribution is 2.32. The van der Waals surface area contributed by atoms with Gasteiger partial charge in [-0.3, -0.25) is 0 Å². The van der Waals surface area contributed by atoms with Crippen LogP contribution in [0.15, 0.2) is 42.5 Å². The van der Waals surface area contributed by atoms with Crippen LogP contribution in [0.4, 0.5) is 13.2 Å². The van der Waals surface area contributed by atoms with Crippen LogP contribution in [-0.4, -0.2) is 16.1 Å². The number of nitrogens with zero attached hydrogens (tertiary/aromatic N) is 1. The fourth-order valence-electron chi connectivity index (χ4n) is 1.62. The SMILES string of the molecule is O=C(O)c1ccc(-c2ccccc2)nc1C(F)(F)F. The summed E-state index contributed by atoms with van der Waals surface area (Å²) < 4.78 is 38.3. The molecule has 0 saturated carbocycles. The lowest BCUT2D eigenvalue weighted by Gasteiger charge is -2.11. The molecule has 19 heavy (non-hydrogen) atoms. The number of alkyl halides is 3. The van der Waals surface area contributed by atoms with Crippen molar-refractivity contribution in [2.75, 3.05) is 0 Å². The molecule has 2 aromatic rings. The van der Waals surface area contributed by atoms with Gasteiger partial charge in [0.25, 0.3) is 0 Å². The van der Waals surface area contributed by atoms with Crippen molar-refractivity contribution in [2.45, 2.75) is 6.18 Å². The molecule has 1 heterocycles. The summed E-state index contributed by atoms with van der Waals surface area (Å²) in [5, 5.41) is 8.75. The van der Waals surface area contributed by atoms with Crippen LogP contribution in [0.1, 0.15) is 16.1 Å². The van der Waals surface area contributed by atoms with Gasteiger partial charge < -0.3 is 5.11 Å². The van der Waals surface area contributed by atoms with E-state index in [2.05, 4.69) is 4.98 Å². The normalized spacial score (nSPS) is 11.3. The highest BCUT2D eigenvalue weighted by Gasteiger charge is 2.37. The molecule has 1 aromatic heterocycles. The maximum atomic E-state index is 12.8. The molecule has 0 aliphatic carbocycles. The molecule has 0 atom stereocenters. The van der Waals surface area contributed by atoms with E-state index in [1.807, 2.05) is 0 Å². The molecule has 0 amide bonds. The first-order chi connectivity index (χ1) is 8.89. The largest absolute Gasteiger partial charge is 0.478 e. The van der Waals surface area contributed by atoms with Crippen molar-refractivity contribution >= 4 is 5.97 Å². The molecular weight excluding hydrogens is 259 g/mol. The van der Waals surface area contributed by atoms with E-state index in [-0.39, 0.29) is 5.69 Å². The van der Waals surface area contributed by atoms with E-state index in [4.69, 9.17) is 5.11 Å². The number of pyridine rings is 1. The lowest BCUT2D eigenvalue weighted by molar-refractivity contribution is -0.141. The van der Waals surface area contributed by atoms with Crippen LogP contribution in [0.25, 0.3) is 11.3 Å². The molecule has 98 valence electrons. The Labute approximate surface area is 106 Å². The molecule has 0 fully saturated rings. The molecule has 0 unspecified atom stereocenters. The second-order valence-electron chi connectivity index (χ2n) is 3.76. The molecule has 1 N–H and O–H groups in total. The Hall–Kier alpha value is -2.37. The average Bonchev–Trinajstić information content (AvgIpc) is 2.38. The van der Waals surface area contributed by atoms with Crippen molar-refractivity contribution in [2.24, 2.45) is 0 Å². The minimum absolute atomic E-state index is 0.0814. The lowest BCUT2D eigenvalue weighted by atomic mass is 10.1. The first-order valence-electron chi connectivity index (χ1n) is 5.26. The summed E-state index contributed by atoms with van der Waals surface area (Å²) in [6, 6.07) is 10.4. The van der Waals surface area contributed by atoms with E-state index in [1.165, 1.54) is 6.07 Å². The van der Waals surface area contributed by atoms with E-state index in [0.717, 1.165) is 6.07 Å². The topological polar surface area (TPSA) is 50.2 Å². The Morgan fingerprint density at radius 2 is 1.68 bits per heavy atom. The Kier molecular flexibility index (Phi) is 3.25. The first kappa shape index (κ1) is 13.1. The zero-order valence-electron chi connectivity index (χ0n) is 9.48. The summed E-state index contributed by atoms with van der Waals surface area (Å²) in [7, 11) is 0. The molecule has 0 spiro atoms. The summed E-state index contributed by atoms with van der Waals surface area (Å²) in [5.41, 5.74) is -1.67. The minimum Gasteiger partial charge on any atom is -0.478 e. The van der Waals surface area contributed by atoms with Gasteiger partial charge in [0.15, 0.2) is 5.69 Å². The summed E-state index contributed by atoms with van der Waals surface area (Å²) in [6.45, 7) is 0. The Bertz CT molecular complexity index is 609. The maximum absolute atomic E-state index is 12.8. The Morgan fingerprint density at radius 3 is 2.21 bits per heavy atom. The number of aromatic nitrogens is 1. The van der Waals surface area contributed by atoms with Crippen molar-refractivity contribution in [3.8, 4) is 11.3 Å². The third kappa shape index (κ3) is 2.73. The number of rotatable bonds is 2. The molecular formula is C13H8F3NO2. The van der Waals surface area contributed by atoms with Crippen LogP contribution in [0, 0.1) is 0 Å². The zero-order valence-corrected chi connectivity index (χ0v) is 9.48. The van der Waals surface area contributed by atoms with Crippen molar-refractivity contribution in [1.29, 1.82) is 0 Å². The predicted molar refractivity (Wildman–Crippen MR) is 61.6 cm³/mol. The monoisotopic (exact) mass is 267 g/mol. The van der Waals surface area contributed by atoms with Crippen molar-refractivity contribution in [3.63, 3.8) is 0 Å². The third-order valence-electron chi connectivity index (χ3n) is 2.46. The van der Waals surface area contributed by atoms with Gasteiger partial charge >= 0.3 is 12.1 Å². The van der Waals surface area contributed by atoms with Gasteiger partial charge in [-0.15, -0.1) is 0 Å². The second kappa shape index (κ2) is 4.72. The lowest BCUT2D eigenvalue weighted by Crippen LogP contribution is -2.15. The highest BCUT2D eigenvalue weighted by atomic mass is 19.4. The van der Waals surface area contributed by atoms with E-state index in [1.54, 1.807) is 30.3 Å². The number of carboxylic acids is 1. The van der Waals surface area contributed by atoms with Crippen molar-refractivity contribution in [1.82, 2.24) is 4.98 Å². The number of aromatic carboxylic acids is 1. The van der Waals surface area contributed by atoms with Gasteiger partial charge in [0.1, 0.15) is 0 Å². The van der Waals surface area contributed by atoms with Crippen LogP contribution in [-0.2, 0) is 6.18 Å². The van der Waals surface area contributed by atoms with Crippen LogP contribution >= 0.6 is 0 Å². The number of benzene rings is 1. The average molecular weight is 267 g/mol. The van der Waals surface area contributed by atoms with E-state index in [0.29, 0.717) is 5.56 Å². The van der Waals surface area contributed by atoms with Gasteiger partial charge in [-0.1, -0.05) is 30.3 Å². The van der Waals surface area contributed by atoms with E-state index >= 15 is 0 Å². The van der Waals surface area contributed by atoms with Crippen LogP contribution in [0.2, 0.25) is 0 Å². The number of carbonyl (C=O) groups is 1. The molecule has 0 bridgehead atoms. The van der Waals surface area contributed by atoms with Gasteiger partial charge in [-0.05, 0) is 12.1 Å². The fraction of sp³-hybridized carbons (Fsp3) is 0.0769. The number of hydrogen-bond acceptors (Lipinski definition) is 2. The third-order valence-corrected chi connectivity index (χ3v) is 2.46. The minimum atomic E-state index is -4.81. The quantitative estimate of drug-likeness (QED) is 0.906. The van der Waals surface area contributed by atoms with Gasteiger partial charge in [0.05, 0.1) is 11.3 Å². The molecule has 0 aliphatic rings. The number of halogens is 3. The molecule has 0 saturated heterocycles. The second-order valence-corrected chi connectivity index (χ2v) is 3.76. The zero-order chi connectivity index (χ0) is 14.0. The number of carboxylic acid groups (broad SMARTS) is 1. The highest BCUT2D eigenvalue weighted by molar-refractivity contribution is 5.89. The Morgan fingerprint density at radius 1 is 1.05 bits per heavy atom. The van der Waals surface area contributed by atoms with E-state index in [9.17, 15) is 18.0 Å². The molecule has 1 aromatic carbocycles. The Balaban J connectivity index is 2.60. The molecule has 6 heteroatoms. The predicted octanol–water partition coefficient (Wildman–Crippen LogP) is 3.47. The molecule has 2 rings (SSSR count).